The van der Waals surface area contributed by atoms with E-state index in [1.165, 1.54) is 32.1 Å². The van der Waals surface area contributed by atoms with Gasteiger partial charge in [0.05, 0.1) is 6.10 Å². The molecule has 16 heavy (non-hydrogen) atoms. The highest BCUT2D eigenvalue weighted by Crippen LogP contribution is 2.27. The summed E-state index contributed by atoms with van der Waals surface area (Å²) in [5.74, 6) is 0. The van der Waals surface area contributed by atoms with Crippen molar-refractivity contribution in [2.45, 2.75) is 68.9 Å². The van der Waals surface area contributed by atoms with Gasteiger partial charge in [-0.25, -0.2) is 5.11 Å². The lowest BCUT2D eigenvalue weighted by atomic mass is 9.93. The van der Waals surface area contributed by atoms with Crippen molar-refractivity contribution in [1.82, 2.24) is 4.90 Å². The molecule has 1 aliphatic heterocycles. The molecule has 0 aromatic rings. The first-order chi connectivity index (χ1) is 7.77. The molecule has 2 fully saturated rings. The fraction of sp³-hybridized carbons (Fsp3) is 1.00. The summed E-state index contributed by atoms with van der Waals surface area (Å²) in [7, 11) is 0. The van der Waals surface area contributed by atoms with Crippen LogP contribution in [0.4, 0.5) is 0 Å². The molecule has 2 rings (SSSR count). The molecule has 3 heteroatoms. The van der Waals surface area contributed by atoms with Gasteiger partial charge in [0.1, 0.15) is 0 Å². The SMILES string of the molecule is [O]C1CCN(C2CCCCCCC2Cl)CC1. The van der Waals surface area contributed by atoms with E-state index >= 15 is 0 Å². The summed E-state index contributed by atoms with van der Waals surface area (Å²) in [4.78, 5) is 2.48. The average molecular weight is 245 g/mol. The summed E-state index contributed by atoms with van der Waals surface area (Å²) < 4.78 is 0. The molecule has 2 nitrogen and oxygen atoms in total. The number of piperidine rings is 1. The smallest absolute Gasteiger partial charge is 0.0954 e. The fourth-order valence-electron chi connectivity index (χ4n) is 3.04. The zero-order chi connectivity index (χ0) is 11.4. The summed E-state index contributed by atoms with van der Waals surface area (Å²) in [6.07, 6.45) is 9.00. The second kappa shape index (κ2) is 6.23. The Kier molecular flexibility index (Phi) is 4.93. The molecule has 2 aliphatic rings. The summed E-state index contributed by atoms with van der Waals surface area (Å²) in [6, 6.07) is 0.537. The van der Waals surface area contributed by atoms with Gasteiger partial charge in [-0.2, -0.15) is 0 Å². The van der Waals surface area contributed by atoms with Crippen molar-refractivity contribution >= 4 is 11.6 Å². The highest BCUT2D eigenvalue weighted by atomic mass is 35.5. The van der Waals surface area contributed by atoms with Crippen LogP contribution >= 0.6 is 11.6 Å². The minimum Gasteiger partial charge on any atom is -0.299 e. The standard InChI is InChI=1S/C13H23ClNO/c14-12-5-3-1-2-4-6-13(12)15-9-7-11(16)8-10-15/h11-13H,1-10H2. The van der Waals surface area contributed by atoms with Gasteiger partial charge in [-0.3, -0.25) is 4.90 Å². The quantitative estimate of drug-likeness (QED) is 0.650. The van der Waals surface area contributed by atoms with Gasteiger partial charge in [0.15, 0.2) is 0 Å². The first kappa shape index (κ1) is 12.7. The van der Waals surface area contributed by atoms with Crippen LogP contribution in [0.1, 0.15) is 51.4 Å². The van der Waals surface area contributed by atoms with Crippen molar-refractivity contribution in [2.75, 3.05) is 13.1 Å². The van der Waals surface area contributed by atoms with Crippen LogP contribution in [0.3, 0.4) is 0 Å². The maximum Gasteiger partial charge on any atom is 0.0954 e. The molecule has 0 bridgehead atoms. The molecule has 2 unspecified atom stereocenters. The first-order valence-electron chi connectivity index (χ1n) is 6.81. The summed E-state index contributed by atoms with van der Waals surface area (Å²) in [5.41, 5.74) is 0. The second-order valence-corrected chi connectivity index (χ2v) is 5.87. The van der Waals surface area contributed by atoms with E-state index in [0.29, 0.717) is 11.4 Å². The predicted molar refractivity (Wildman–Crippen MR) is 66.4 cm³/mol. The lowest BCUT2D eigenvalue weighted by molar-refractivity contribution is 0.0119. The third kappa shape index (κ3) is 3.35. The van der Waals surface area contributed by atoms with Gasteiger partial charge in [0.25, 0.3) is 0 Å². The minimum atomic E-state index is -0.321. The van der Waals surface area contributed by atoms with Crippen LogP contribution in [0.2, 0.25) is 0 Å². The highest BCUT2D eigenvalue weighted by Gasteiger charge is 2.29. The molecule has 1 radical (unpaired) electrons. The lowest BCUT2D eigenvalue weighted by Crippen LogP contribution is -2.47. The summed E-state index contributed by atoms with van der Waals surface area (Å²) in [6.45, 7) is 1.95. The first-order valence-corrected chi connectivity index (χ1v) is 7.25. The maximum atomic E-state index is 11.3. The van der Waals surface area contributed by atoms with Gasteiger partial charge in [0, 0.05) is 24.5 Å². The van der Waals surface area contributed by atoms with E-state index in [9.17, 15) is 5.11 Å². The van der Waals surface area contributed by atoms with Gasteiger partial charge in [-0.15, -0.1) is 11.6 Å². The molecule has 1 saturated carbocycles. The largest absolute Gasteiger partial charge is 0.299 e. The molecular formula is C13H23ClNO. The maximum absolute atomic E-state index is 11.3. The van der Waals surface area contributed by atoms with E-state index in [2.05, 4.69) is 4.90 Å². The Morgan fingerprint density at radius 2 is 1.50 bits per heavy atom. The lowest BCUT2D eigenvalue weighted by Gasteiger charge is -2.39. The molecule has 0 N–H and O–H groups in total. The van der Waals surface area contributed by atoms with Crippen molar-refractivity contribution in [1.29, 1.82) is 0 Å². The van der Waals surface area contributed by atoms with Crippen molar-refractivity contribution in [2.24, 2.45) is 0 Å². The van der Waals surface area contributed by atoms with Crippen molar-refractivity contribution in [3.05, 3.63) is 0 Å². The Balaban J connectivity index is 1.89. The Hall–Kier alpha value is 0.210. The number of likely N-dealkylation sites (tertiary alicyclic amines) is 1. The van der Waals surface area contributed by atoms with E-state index in [4.69, 9.17) is 11.6 Å². The number of hydrogen-bond acceptors (Lipinski definition) is 1. The summed E-state index contributed by atoms with van der Waals surface area (Å²) in [5, 5.41) is 11.6. The topological polar surface area (TPSA) is 23.1 Å². The van der Waals surface area contributed by atoms with Crippen LogP contribution in [0.15, 0.2) is 0 Å². The minimum absolute atomic E-state index is 0.309. The number of alkyl halides is 1. The number of halogens is 1. The van der Waals surface area contributed by atoms with Gasteiger partial charge < -0.3 is 0 Å². The molecule has 1 heterocycles. The van der Waals surface area contributed by atoms with Crippen molar-refractivity contribution in [3.8, 4) is 0 Å². The zero-order valence-electron chi connectivity index (χ0n) is 10.0. The predicted octanol–water partition coefficient (Wildman–Crippen LogP) is 3.21. The fourth-order valence-corrected chi connectivity index (χ4v) is 3.48. The van der Waals surface area contributed by atoms with Crippen LogP contribution in [-0.2, 0) is 5.11 Å². The Morgan fingerprint density at radius 3 is 2.19 bits per heavy atom. The van der Waals surface area contributed by atoms with Gasteiger partial charge in [0.2, 0.25) is 0 Å². The number of rotatable bonds is 1. The van der Waals surface area contributed by atoms with Crippen LogP contribution in [-0.4, -0.2) is 35.5 Å². The number of nitrogens with zero attached hydrogens (tertiary/aromatic N) is 1. The Morgan fingerprint density at radius 1 is 0.875 bits per heavy atom. The van der Waals surface area contributed by atoms with Crippen LogP contribution in [0.5, 0.6) is 0 Å². The Bertz CT molecular complexity index is 204. The van der Waals surface area contributed by atoms with Crippen LogP contribution in [0.25, 0.3) is 0 Å². The molecule has 93 valence electrons. The van der Waals surface area contributed by atoms with Gasteiger partial charge in [-0.1, -0.05) is 25.7 Å². The van der Waals surface area contributed by atoms with Crippen molar-refractivity contribution < 1.29 is 5.11 Å². The van der Waals surface area contributed by atoms with Crippen LogP contribution < -0.4 is 0 Å². The third-order valence-electron chi connectivity index (χ3n) is 4.09. The van der Waals surface area contributed by atoms with E-state index in [1.54, 1.807) is 0 Å². The molecule has 0 spiro atoms. The monoisotopic (exact) mass is 244 g/mol. The van der Waals surface area contributed by atoms with Gasteiger partial charge >= 0.3 is 0 Å². The van der Waals surface area contributed by atoms with E-state index in [1.807, 2.05) is 0 Å². The molecular weight excluding hydrogens is 222 g/mol. The normalized spacial score (nSPS) is 35.6. The molecule has 0 amide bonds. The Labute approximate surface area is 104 Å². The molecule has 1 saturated heterocycles. The third-order valence-corrected chi connectivity index (χ3v) is 4.60. The molecule has 0 aromatic carbocycles. The molecule has 0 aromatic heterocycles. The number of hydrogen-bond donors (Lipinski definition) is 0. The van der Waals surface area contributed by atoms with E-state index in [-0.39, 0.29) is 6.10 Å². The van der Waals surface area contributed by atoms with Crippen molar-refractivity contribution in [3.63, 3.8) is 0 Å². The van der Waals surface area contributed by atoms with E-state index < -0.39 is 0 Å². The zero-order valence-corrected chi connectivity index (χ0v) is 10.8. The highest BCUT2D eigenvalue weighted by molar-refractivity contribution is 6.21. The molecule has 1 aliphatic carbocycles. The molecule has 2 atom stereocenters. The van der Waals surface area contributed by atoms with Crippen LogP contribution in [0, 0.1) is 0 Å². The summed E-state index contributed by atoms with van der Waals surface area (Å²) >= 11 is 6.51. The average Bonchev–Trinajstić information content (AvgIpc) is 2.26. The van der Waals surface area contributed by atoms with E-state index in [0.717, 1.165) is 32.4 Å². The second-order valence-electron chi connectivity index (χ2n) is 5.31. The van der Waals surface area contributed by atoms with Gasteiger partial charge in [-0.05, 0) is 25.7 Å².